The first-order valence-corrected chi connectivity index (χ1v) is 9.26. The molecule has 0 radical (unpaired) electrons. The van der Waals surface area contributed by atoms with Crippen LogP contribution in [0, 0.1) is 0 Å². The van der Waals surface area contributed by atoms with E-state index in [9.17, 15) is 9.59 Å². The number of rotatable bonds is 11. The first kappa shape index (κ1) is 33.8. The molecule has 0 fully saturated rings. The molecular weight excluding hydrogens is 368 g/mol. The summed E-state index contributed by atoms with van der Waals surface area (Å²) in [5, 5.41) is 41.2. The summed E-state index contributed by atoms with van der Waals surface area (Å²) in [6.07, 6.45) is 3.74. The molecular formula is C20H40O8. The highest BCUT2D eigenvalue weighted by molar-refractivity contribution is 5.85. The van der Waals surface area contributed by atoms with E-state index in [1.807, 2.05) is 0 Å². The molecule has 1 unspecified atom stereocenters. The Balaban J connectivity index is -0.000000139. The van der Waals surface area contributed by atoms with Crippen LogP contribution in [0.1, 0.15) is 59.8 Å². The van der Waals surface area contributed by atoms with Crippen LogP contribution in [0.3, 0.4) is 0 Å². The van der Waals surface area contributed by atoms with Gasteiger partial charge in [-0.15, -0.1) is 0 Å². The first-order valence-electron chi connectivity index (χ1n) is 9.26. The summed E-state index contributed by atoms with van der Waals surface area (Å²) in [5.41, 5.74) is 0.352. The minimum Gasteiger partial charge on any atom is -0.478 e. The molecule has 1 atom stereocenters. The van der Waals surface area contributed by atoms with Crippen molar-refractivity contribution in [1.29, 1.82) is 0 Å². The fourth-order valence-electron chi connectivity index (χ4n) is 0.974. The minimum absolute atomic E-state index is 0.165. The molecule has 0 bridgehead atoms. The number of hydrogen-bond donors (Lipinski definition) is 5. The maximum Gasteiger partial charge on any atom is 0.330 e. The third-order valence-corrected chi connectivity index (χ3v) is 2.58. The van der Waals surface area contributed by atoms with E-state index in [4.69, 9.17) is 30.3 Å². The van der Waals surface area contributed by atoms with Gasteiger partial charge in [-0.3, -0.25) is 0 Å². The SMILES string of the molecule is C=C(C)C(=O)O.C=C(C)C(=O)O.CCCOCCC.OCCCCC(O)CO. The van der Waals surface area contributed by atoms with Crippen molar-refractivity contribution in [3.8, 4) is 0 Å². The molecule has 0 aliphatic rings. The number of hydrogen-bond acceptors (Lipinski definition) is 6. The van der Waals surface area contributed by atoms with Crippen molar-refractivity contribution in [2.75, 3.05) is 26.4 Å². The lowest BCUT2D eigenvalue weighted by Gasteiger charge is -2.03. The van der Waals surface area contributed by atoms with Crippen LogP contribution in [-0.4, -0.2) is 70.0 Å². The predicted octanol–water partition coefficient (Wildman–Crippen LogP) is 2.62. The van der Waals surface area contributed by atoms with Crippen molar-refractivity contribution in [3.63, 3.8) is 0 Å². The largest absolute Gasteiger partial charge is 0.478 e. The number of carbonyl (C=O) groups is 2. The minimum atomic E-state index is -0.935. The zero-order valence-electron chi connectivity index (χ0n) is 17.8. The first-order chi connectivity index (χ1) is 13.0. The predicted molar refractivity (Wildman–Crippen MR) is 110 cm³/mol. The normalized spacial score (nSPS) is 9.96. The van der Waals surface area contributed by atoms with Gasteiger partial charge in [0.1, 0.15) is 0 Å². The third kappa shape index (κ3) is 44.1. The fourth-order valence-corrected chi connectivity index (χ4v) is 0.974. The van der Waals surface area contributed by atoms with Crippen LogP contribution in [0.25, 0.3) is 0 Å². The lowest BCUT2D eigenvalue weighted by Crippen LogP contribution is -2.11. The highest BCUT2D eigenvalue weighted by Gasteiger charge is 1.99. The second-order valence-corrected chi connectivity index (χ2v) is 5.84. The zero-order valence-corrected chi connectivity index (χ0v) is 17.8. The number of unbranched alkanes of at least 4 members (excludes halogenated alkanes) is 1. The Morgan fingerprint density at radius 3 is 1.46 bits per heavy atom. The summed E-state index contributed by atoms with van der Waals surface area (Å²) in [6.45, 7) is 15.3. The van der Waals surface area contributed by atoms with Crippen LogP contribution < -0.4 is 0 Å². The molecule has 0 aromatic heterocycles. The van der Waals surface area contributed by atoms with Crippen molar-refractivity contribution in [3.05, 3.63) is 24.3 Å². The smallest absolute Gasteiger partial charge is 0.330 e. The average molecular weight is 409 g/mol. The van der Waals surface area contributed by atoms with Gasteiger partial charge in [0, 0.05) is 31.0 Å². The number of aliphatic hydroxyl groups is 3. The second-order valence-electron chi connectivity index (χ2n) is 5.84. The highest BCUT2D eigenvalue weighted by atomic mass is 16.5. The van der Waals surface area contributed by atoms with E-state index in [2.05, 4.69) is 27.0 Å². The van der Waals surface area contributed by atoms with E-state index in [1.54, 1.807) is 0 Å². The van der Waals surface area contributed by atoms with E-state index in [0.717, 1.165) is 32.5 Å². The fraction of sp³-hybridized carbons (Fsp3) is 0.700. The molecule has 168 valence electrons. The lowest BCUT2D eigenvalue weighted by molar-refractivity contribution is -0.133. The Labute approximate surface area is 169 Å². The van der Waals surface area contributed by atoms with E-state index in [-0.39, 0.29) is 24.4 Å². The average Bonchev–Trinajstić information content (AvgIpc) is 2.63. The van der Waals surface area contributed by atoms with Gasteiger partial charge in [0.2, 0.25) is 0 Å². The van der Waals surface area contributed by atoms with Gasteiger partial charge >= 0.3 is 11.9 Å². The summed E-state index contributed by atoms with van der Waals surface area (Å²) in [4.78, 5) is 19.2. The van der Waals surface area contributed by atoms with Gasteiger partial charge < -0.3 is 30.3 Å². The van der Waals surface area contributed by atoms with Crippen LogP contribution in [-0.2, 0) is 14.3 Å². The standard InChI is InChI=1S/C6H14O3.C6H14O.2C4H6O2/c7-4-2-1-3-6(9)5-8;1-3-5-7-6-4-2;2*1-3(2)4(5)6/h6-9H,1-5H2;3-6H2,1-2H3;2*1H2,2H3,(H,5,6). The second kappa shape index (κ2) is 27.5. The number of ether oxygens (including phenoxy) is 1. The maximum atomic E-state index is 9.60. The van der Waals surface area contributed by atoms with Crippen molar-refractivity contribution in [2.24, 2.45) is 0 Å². The van der Waals surface area contributed by atoms with E-state index in [0.29, 0.717) is 12.8 Å². The summed E-state index contributed by atoms with van der Waals surface area (Å²) >= 11 is 0. The van der Waals surface area contributed by atoms with E-state index >= 15 is 0 Å². The Hall–Kier alpha value is -1.74. The molecule has 0 aliphatic heterocycles. The van der Waals surface area contributed by atoms with Gasteiger partial charge in [-0.05, 0) is 46.0 Å². The quantitative estimate of drug-likeness (QED) is 0.259. The third-order valence-electron chi connectivity index (χ3n) is 2.58. The molecule has 0 heterocycles. The Morgan fingerprint density at radius 2 is 1.25 bits per heavy atom. The highest BCUT2D eigenvalue weighted by Crippen LogP contribution is 1.98. The van der Waals surface area contributed by atoms with E-state index < -0.39 is 18.0 Å². The van der Waals surface area contributed by atoms with Crippen molar-refractivity contribution >= 4 is 11.9 Å². The molecule has 8 heteroatoms. The van der Waals surface area contributed by atoms with Crippen LogP contribution in [0.4, 0.5) is 0 Å². The maximum absolute atomic E-state index is 9.60. The number of carboxylic acid groups (broad SMARTS) is 2. The number of aliphatic carboxylic acids is 2. The molecule has 0 saturated heterocycles. The van der Waals surface area contributed by atoms with Gasteiger partial charge in [-0.1, -0.05) is 27.0 Å². The molecule has 0 spiro atoms. The van der Waals surface area contributed by atoms with Crippen molar-refractivity contribution < 1.29 is 39.9 Å². The Bertz CT molecular complexity index is 342. The Morgan fingerprint density at radius 1 is 0.893 bits per heavy atom. The van der Waals surface area contributed by atoms with Gasteiger partial charge in [-0.2, -0.15) is 0 Å². The van der Waals surface area contributed by atoms with Crippen LogP contribution in [0.2, 0.25) is 0 Å². The summed E-state index contributed by atoms with van der Waals surface area (Å²) < 4.78 is 5.13. The Kier molecular flexibility index (Phi) is 33.2. The van der Waals surface area contributed by atoms with Crippen LogP contribution in [0.5, 0.6) is 0 Å². The zero-order chi connectivity index (χ0) is 23.0. The van der Waals surface area contributed by atoms with Crippen molar-refractivity contribution in [1.82, 2.24) is 0 Å². The molecule has 0 saturated carbocycles. The molecule has 0 rings (SSSR count). The molecule has 0 aromatic carbocycles. The molecule has 8 nitrogen and oxygen atoms in total. The number of carboxylic acids is 2. The lowest BCUT2D eigenvalue weighted by atomic mass is 10.2. The van der Waals surface area contributed by atoms with Gasteiger partial charge in [0.05, 0.1) is 12.7 Å². The number of aliphatic hydroxyl groups excluding tert-OH is 3. The molecule has 28 heavy (non-hydrogen) atoms. The summed E-state index contributed by atoms with van der Waals surface area (Å²) in [7, 11) is 0. The molecule has 0 amide bonds. The molecule has 0 aliphatic carbocycles. The van der Waals surface area contributed by atoms with Gasteiger partial charge in [-0.25, -0.2) is 9.59 Å². The molecule has 5 N–H and O–H groups in total. The molecule has 0 aromatic rings. The van der Waals surface area contributed by atoms with Gasteiger partial charge in [0.25, 0.3) is 0 Å². The van der Waals surface area contributed by atoms with Crippen molar-refractivity contribution in [2.45, 2.75) is 65.9 Å². The van der Waals surface area contributed by atoms with Crippen LogP contribution in [0.15, 0.2) is 24.3 Å². The van der Waals surface area contributed by atoms with E-state index in [1.165, 1.54) is 13.8 Å². The monoisotopic (exact) mass is 408 g/mol. The van der Waals surface area contributed by atoms with Crippen LogP contribution >= 0.6 is 0 Å². The topological polar surface area (TPSA) is 145 Å². The summed E-state index contributed by atoms with van der Waals surface area (Å²) in [5.74, 6) is -1.87. The summed E-state index contributed by atoms with van der Waals surface area (Å²) in [6, 6.07) is 0. The van der Waals surface area contributed by atoms with Gasteiger partial charge in [0.15, 0.2) is 0 Å².